The number of aromatic nitrogens is 4. The maximum absolute atomic E-state index is 12.7. The summed E-state index contributed by atoms with van der Waals surface area (Å²) in [6.45, 7) is 3.88. The van der Waals surface area contributed by atoms with Gasteiger partial charge in [-0.15, -0.1) is 0 Å². The predicted molar refractivity (Wildman–Crippen MR) is 123 cm³/mol. The maximum Gasteiger partial charge on any atom is 0.225 e. The molecular formula is C24H27N5O4. The highest BCUT2D eigenvalue weighted by molar-refractivity contribution is 5.90. The van der Waals surface area contributed by atoms with Gasteiger partial charge in [-0.3, -0.25) is 4.79 Å². The quantitative estimate of drug-likeness (QED) is 0.558. The first-order valence-electron chi connectivity index (χ1n) is 10.7. The first-order chi connectivity index (χ1) is 16.0. The monoisotopic (exact) mass is 449 g/mol. The SMILES string of the molecule is COc1ccc(CCC(=O)Nc2cc(-n3nc(C)cc3C)nc(C3CC=CO3)n2)cc1OC. The van der Waals surface area contributed by atoms with Crippen molar-refractivity contribution in [2.75, 3.05) is 19.5 Å². The van der Waals surface area contributed by atoms with E-state index in [1.165, 1.54) is 0 Å². The Morgan fingerprint density at radius 1 is 1.15 bits per heavy atom. The first kappa shape index (κ1) is 22.3. The van der Waals surface area contributed by atoms with E-state index in [0.717, 1.165) is 17.0 Å². The molecule has 1 unspecified atom stereocenters. The number of carbonyl (C=O) groups excluding carboxylic acids is 1. The average Bonchev–Trinajstić information content (AvgIpc) is 3.46. The van der Waals surface area contributed by atoms with Crippen LogP contribution in [-0.4, -0.2) is 39.9 Å². The molecule has 1 N–H and O–H groups in total. The van der Waals surface area contributed by atoms with Gasteiger partial charge in [0, 0.05) is 24.6 Å². The molecule has 3 aromatic rings. The van der Waals surface area contributed by atoms with Crippen molar-refractivity contribution in [3.8, 4) is 17.3 Å². The Hall–Kier alpha value is -3.88. The van der Waals surface area contributed by atoms with Crippen LogP contribution in [0.25, 0.3) is 5.82 Å². The molecule has 1 aliphatic heterocycles. The van der Waals surface area contributed by atoms with Crippen molar-refractivity contribution >= 4 is 11.7 Å². The minimum atomic E-state index is -0.288. The fraction of sp³-hybridized carbons (Fsp3) is 0.333. The van der Waals surface area contributed by atoms with E-state index in [2.05, 4.69) is 20.4 Å². The highest BCUT2D eigenvalue weighted by Gasteiger charge is 2.21. The Morgan fingerprint density at radius 2 is 1.97 bits per heavy atom. The Morgan fingerprint density at radius 3 is 2.64 bits per heavy atom. The van der Waals surface area contributed by atoms with Gasteiger partial charge in [0.1, 0.15) is 5.82 Å². The summed E-state index contributed by atoms with van der Waals surface area (Å²) in [7, 11) is 3.18. The number of hydrogen-bond acceptors (Lipinski definition) is 7. The second-order valence-corrected chi connectivity index (χ2v) is 7.78. The van der Waals surface area contributed by atoms with Crippen molar-refractivity contribution in [1.29, 1.82) is 0 Å². The van der Waals surface area contributed by atoms with E-state index in [0.29, 0.717) is 41.8 Å². The van der Waals surface area contributed by atoms with Gasteiger partial charge in [0.25, 0.3) is 0 Å². The van der Waals surface area contributed by atoms with E-state index < -0.39 is 0 Å². The minimum Gasteiger partial charge on any atom is -0.493 e. The number of carbonyl (C=O) groups is 1. The highest BCUT2D eigenvalue weighted by atomic mass is 16.5. The molecule has 0 saturated heterocycles. The Bertz CT molecular complexity index is 1180. The molecule has 4 rings (SSSR count). The predicted octanol–water partition coefficient (Wildman–Crippen LogP) is 3.84. The van der Waals surface area contributed by atoms with Gasteiger partial charge in [0.05, 0.1) is 26.2 Å². The van der Waals surface area contributed by atoms with E-state index in [9.17, 15) is 4.79 Å². The van der Waals surface area contributed by atoms with Crippen molar-refractivity contribution in [3.63, 3.8) is 0 Å². The third kappa shape index (κ3) is 5.14. The lowest BCUT2D eigenvalue weighted by Gasteiger charge is -2.14. The summed E-state index contributed by atoms with van der Waals surface area (Å²) >= 11 is 0. The van der Waals surface area contributed by atoms with Crippen molar-refractivity contribution in [3.05, 3.63) is 65.4 Å². The van der Waals surface area contributed by atoms with Gasteiger partial charge in [-0.05, 0) is 50.1 Å². The molecule has 0 radical (unpaired) electrons. The number of hydrogen-bond donors (Lipinski definition) is 1. The molecule has 1 amide bonds. The van der Waals surface area contributed by atoms with Crippen LogP contribution < -0.4 is 14.8 Å². The van der Waals surface area contributed by atoms with Gasteiger partial charge in [0.15, 0.2) is 29.2 Å². The Kier molecular flexibility index (Phi) is 6.58. The van der Waals surface area contributed by atoms with Crippen molar-refractivity contribution in [2.45, 2.75) is 39.2 Å². The molecule has 3 heterocycles. The zero-order valence-corrected chi connectivity index (χ0v) is 19.2. The van der Waals surface area contributed by atoms with E-state index in [1.54, 1.807) is 31.2 Å². The topological polar surface area (TPSA) is 100 Å². The van der Waals surface area contributed by atoms with Crippen LogP contribution in [0.2, 0.25) is 0 Å². The van der Waals surface area contributed by atoms with E-state index in [1.807, 2.05) is 44.2 Å². The molecule has 0 bridgehead atoms. The number of methoxy groups -OCH3 is 2. The smallest absolute Gasteiger partial charge is 0.225 e. The lowest BCUT2D eigenvalue weighted by atomic mass is 10.1. The van der Waals surface area contributed by atoms with Crippen LogP contribution >= 0.6 is 0 Å². The molecule has 0 spiro atoms. The van der Waals surface area contributed by atoms with Crippen LogP contribution in [0.5, 0.6) is 11.5 Å². The summed E-state index contributed by atoms with van der Waals surface area (Å²) in [5.74, 6) is 2.63. The Balaban J connectivity index is 1.51. The summed E-state index contributed by atoms with van der Waals surface area (Å²) < 4.78 is 17.9. The lowest BCUT2D eigenvalue weighted by Crippen LogP contribution is -2.17. The van der Waals surface area contributed by atoms with Crippen LogP contribution in [0, 0.1) is 13.8 Å². The number of aryl methyl sites for hydroxylation is 3. The largest absolute Gasteiger partial charge is 0.493 e. The minimum absolute atomic E-state index is 0.154. The van der Waals surface area contributed by atoms with Crippen molar-refractivity contribution < 1.29 is 19.0 Å². The summed E-state index contributed by atoms with van der Waals surface area (Å²) in [6.07, 6.45) is 4.78. The molecular weight excluding hydrogens is 422 g/mol. The fourth-order valence-corrected chi connectivity index (χ4v) is 3.68. The van der Waals surface area contributed by atoms with Crippen LogP contribution in [0.4, 0.5) is 5.82 Å². The number of rotatable bonds is 8. The summed E-state index contributed by atoms with van der Waals surface area (Å²) in [5, 5.41) is 7.41. The van der Waals surface area contributed by atoms with Crippen LogP contribution in [0.15, 0.2) is 42.7 Å². The molecule has 2 aromatic heterocycles. The third-order valence-electron chi connectivity index (χ3n) is 5.29. The first-order valence-corrected chi connectivity index (χ1v) is 10.7. The number of amides is 1. The molecule has 1 atom stereocenters. The third-order valence-corrected chi connectivity index (χ3v) is 5.29. The Labute approximate surface area is 192 Å². The van der Waals surface area contributed by atoms with Crippen LogP contribution in [-0.2, 0) is 16.0 Å². The average molecular weight is 450 g/mol. The molecule has 1 aliphatic rings. The van der Waals surface area contributed by atoms with E-state index in [4.69, 9.17) is 14.2 Å². The van der Waals surface area contributed by atoms with Crippen molar-refractivity contribution in [2.24, 2.45) is 0 Å². The molecule has 1 aromatic carbocycles. The molecule has 0 saturated carbocycles. The maximum atomic E-state index is 12.7. The van der Waals surface area contributed by atoms with Gasteiger partial charge in [-0.1, -0.05) is 6.07 Å². The second-order valence-electron chi connectivity index (χ2n) is 7.78. The molecule has 33 heavy (non-hydrogen) atoms. The van der Waals surface area contributed by atoms with Crippen LogP contribution in [0.3, 0.4) is 0 Å². The summed E-state index contributed by atoms with van der Waals surface area (Å²) in [4.78, 5) is 21.9. The van der Waals surface area contributed by atoms with Crippen molar-refractivity contribution in [1.82, 2.24) is 19.7 Å². The number of ether oxygens (including phenoxy) is 3. The highest BCUT2D eigenvalue weighted by Crippen LogP contribution is 2.28. The summed E-state index contributed by atoms with van der Waals surface area (Å²) in [5.41, 5.74) is 2.79. The van der Waals surface area contributed by atoms with Gasteiger partial charge in [-0.25, -0.2) is 14.6 Å². The van der Waals surface area contributed by atoms with Gasteiger partial charge < -0.3 is 19.5 Å². The number of nitrogens with zero attached hydrogens (tertiary/aromatic N) is 4. The molecule has 0 fully saturated rings. The van der Waals surface area contributed by atoms with E-state index in [-0.39, 0.29) is 18.4 Å². The standard InChI is InChI=1S/C24H27N5O4/c1-15-12-16(2)29(28-15)22-14-21(26-24(27-22)19-6-5-11-33-19)25-23(30)10-8-17-7-9-18(31-3)20(13-17)32-4/h5,7,9,11-14,19H,6,8,10H2,1-4H3,(H,25,26,27,30). The second kappa shape index (κ2) is 9.72. The zero-order chi connectivity index (χ0) is 23.4. The lowest BCUT2D eigenvalue weighted by molar-refractivity contribution is -0.116. The van der Waals surface area contributed by atoms with E-state index >= 15 is 0 Å². The molecule has 9 nitrogen and oxygen atoms in total. The van der Waals surface area contributed by atoms with Gasteiger partial charge in [-0.2, -0.15) is 5.10 Å². The molecule has 9 heteroatoms. The normalized spacial score (nSPS) is 14.7. The number of nitrogens with one attached hydrogen (secondary N) is 1. The number of anilines is 1. The van der Waals surface area contributed by atoms with Crippen LogP contribution in [0.1, 0.15) is 41.7 Å². The molecule has 0 aliphatic carbocycles. The number of benzene rings is 1. The molecule has 172 valence electrons. The van der Waals surface area contributed by atoms with Gasteiger partial charge >= 0.3 is 0 Å². The summed E-state index contributed by atoms with van der Waals surface area (Å²) in [6, 6.07) is 9.32. The zero-order valence-electron chi connectivity index (χ0n) is 19.2. The van der Waals surface area contributed by atoms with Gasteiger partial charge in [0.2, 0.25) is 5.91 Å². The fourth-order valence-electron chi connectivity index (χ4n) is 3.68.